The van der Waals surface area contributed by atoms with Crippen molar-refractivity contribution in [1.29, 1.82) is 0 Å². The van der Waals surface area contributed by atoms with Gasteiger partial charge in [-0.1, -0.05) is 13.8 Å². The molecule has 1 N–H and O–H groups in total. The fraction of sp³-hybridized carbons (Fsp3) is 0.643. The van der Waals surface area contributed by atoms with Crippen LogP contribution in [0.5, 0.6) is 0 Å². The molecule has 3 rings (SSSR count). The van der Waals surface area contributed by atoms with E-state index in [4.69, 9.17) is 4.74 Å². The van der Waals surface area contributed by atoms with E-state index in [1.54, 1.807) is 11.6 Å². The largest absolute Gasteiger partial charge is 0.378 e. The van der Waals surface area contributed by atoms with E-state index < -0.39 is 0 Å². The topological polar surface area (TPSA) is 64.3 Å². The number of aromatic nitrogens is 4. The Kier molecular flexibility index (Phi) is 2.76. The van der Waals surface area contributed by atoms with E-state index in [0.717, 1.165) is 23.7 Å². The maximum atomic E-state index is 5.65. The minimum absolute atomic E-state index is 0.0562. The first-order chi connectivity index (χ1) is 9.37. The second-order valence-electron chi connectivity index (χ2n) is 6.29. The summed E-state index contributed by atoms with van der Waals surface area (Å²) in [6.07, 6.45) is 0.970. The van der Waals surface area contributed by atoms with E-state index in [1.807, 2.05) is 19.1 Å². The van der Waals surface area contributed by atoms with Crippen LogP contribution in [0.2, 0.25) is 0 Å². The molecule has 1 saturated carbocycles. The molecule has 0 amide bonds. The Labute approximate surface area is 118 Å². The molecule has 0 unspecified atom stereocenters. The van der Waals surface area contributed by atoms with E-state index in [-0.39, 0.29) is 11.0 Å². The number of aryl methyl sites for hydroxylation is 1. The number of rotatable bonds is 3. The number of fused-ring (bicyclic) bond motifs is 1. The minimum atomic E-state index is -0.0821. The highest BCUT2D eigenvalue weighted by atomic mass is 16.5. The smallest absolute Gasteiger partial charge is 0.178 e. The molecule has 0 aliphatic heterocycles. The van der Waals surface area contributed by atoms with E-state index in [1.165, 1.54) is 0 Å². The Bertz CT molecular complexity index is 650. The summed E-state index contributed by atoms with van der Waals surface area (Å²) in [5.74, 6) is 1.63. The highest BCUT2D eigenvalue weighted by molar-refractivity contribution is 5.45. The van der Waals surface area contributed by atoms with Crippen molar-refractivity contribution in [2.24, 2.45) is 5.41 Å². The highest BCUT2D eigenvalue weighted by Gasteiger charge is 2.57. The van der Waals surface area contributed by atoms with Crippen molar-refractivity contribution in [2.75, 3.05) is 12.4 Å². The zero-order valence-corrected chi connectivity index (χ0v) is 12.6. The molecule has 0 saturated heterocycles. The SMILES string of the molecule is CO[C@]1(C)C[C@@H](Nc2ccc3nnc(C)n3n2)C1(C)C. The highest BCUT2D eigenvalue weighted by Crippen LogP contribution is 2.52. The zero-order valence-electron chi connectivity index (χ0n) is 12.6. The molecule has 6 heteroatoms. The van der Waals surface area contributed by atoms with E-state index in [2.05, 4.69) is 41.4 Å². The molecule has 2 aromatic rings. The van der Waals surface area contributed by atoms with Crippen LogP contribution in [0.1, 0.15) is 33.0 Å². The molecule has 20 heavy (non-hydrogen) atoms. The quantitative estimate of drug-likeness (QED) is 0.928. The second kappa shape index (κ2) is 4.15. The Morgan fingerprint density at radius 2 is 2.05 bits per heavy atom. The van der Waals surface area contributed by atoms with Crippen LogP contribution in [0.25, 0.3) is 5.65 Å². The van der Waals surface area contributed by atoms with Crippen LogP contribution in [-0.2, 0) is 4.74 Å². The first-order valence-electron chi connectivity index (χ1n) is 6.88. The van der Waals surface area contributed by atoms with Crippen molar-refractivity contribution in [1.82, 2.24) is 19.8 Å². The van der Waals surface area contributed by atoms with Gasteiger partial charge in [-0.2, -0.15) is 4.52 Å². The van der Waals surface area contributed by atoms with Crippen LogP contribution in [0.3, 0.4) is 0 Å². The van der Waals surface area contributed by atoms with Gasteiger partial charge in [0.15, 0.2) is 11.5 Å². The van der Waals surface area contributed by atoms with Gasteiger partial charge < -0.3 is 10.1 Å². The van der Waals surface area contributed by atoms with E-state index in [0.29, 0.717) is 6.04 Å². The van der Waals surface area contributed by atoms with Gasteiger partial charge in [0.05, 0.1) is 5.60 Å². The number of nitrogens with one attached hydrogen (secondary N) is 1. The van der Waals surface area contributed by atoms with Crippen molar-refractivity contribution >= 4 is 11.5 Å². The lowest BCUT2D eigenvalue weighted by Gasteiger charge is -2.59. The molecule has 0 aromatic carbocycles. The zero-order chi connectivity index (χ0) is 14.5. The Balaban J connectivity index is 1.83. The number of nitrogens with zero attached hydrogens (tertiary/aromatic N) is 4. The normalized spacial score (nSPS) is 28.4. The molecule has 1 fully saturated rings. The summed E-state index contributed by atoms with van der Waals surface area (Å²) in [7, 11) is 1.78. The molecule has 2 heterocycles. The number of hydrogen-bond acceptors (Lipinski definition) is 5. The average molecular weight is 275 g/mol. The lowest BCUT2D eigenvalue weighted by Crippen LogP contribution is -2.65. The first-order valence-corrected chi connectivity index (χ1v) is 6.88. The first kappa shape index (κ1) is 13.3. The molecule has 6 nitrogen and oxygen atoms in total. The molecular weight excluding hydrogens is 254 g/mol. The van der Waals surface area contributed by atoms with Gasteiger partial charge in [0.2, 0.25) is 0 Å². The summed E-state index contributed by atoms with van der Waals surface area (Å²) >= 11 is 0. The van der Waals surface area contributed by atoms with Crippen LogP contribution in [0.4, 0.5) is 5.82 Å². The summed E-state index contributed by atoms with van der Waals surface area (Å²) in [5, 5.41) is 16.1. The average Bonchev–Trinajstić information content (AvgIpc) is 2.79. The van der Waals surface area contributed by atoms with Gasteiger partial charge in [0.1, 0.15) is 5.82 Å². The van der Waals surface area contributed by atoms with Crippen molar-refractivity contribution in [2.45, 2.75) is 45.8 Å². The summed E-state index contributed by atoms with van der Waals surface area (Å²) < 4.78 is 7.40. The maximum Gasteiger partial charge on any atom is 0.178 e. The predicted octanol–water partition coefficient (Wildman–Crippen LogP) is 2.05. The molecule has 0 radical (unpaired) electrons. The van der Waals surface area contributed by atoms with Gasteiger partial charge in [-0.15, -0.1) is 15.3 Å². The lowest BCUT2D eigenvalue weighted by molar-refractivity contribution is -0.166. The summed E-state index contributed by atoms with van der Waals surface area (Å²) in [6.45, 7) is 8.50. The molecule has 0 bridgehead atoms. The third-order valence-corrected chi connectivity index (χ3v) is 5.02. The predicted molar refractivity (Wildman–Crippen MR) is 76.7 cm³/mol. The van der Waals surface area contributed by atoms with E-state index >= 15 is 0 Å². The monoisotopic (exact) mass is 275 g/mol. The van der Waals surface area contributed by atoms with Crippen LogP contribution in [-0.4, -0.2) is 38.6 Å². The van der Waals surface area contributed by atoms with Gasteiger partial charge >= 0.3 is 0 Å². The van der Waals surface area contributed by atoms with E-state index in [9.17, 15) is 0 Å². The molecule has 0 spiro atoms. The Morgan fingerprint density at radius 1 is 1.30 bits per heavy atom. The third-order valence-electron chi connectivity index (χ3n) is 5.02. The molecule has 108 valence electrons. The van der Waals surface area contributed by atoms with Crippen molar-refractivity contribution in [3.8, 4) is 0 Å². The fourth-order valence-electron chi connectivity index (χ4n) is 2.87. The number of hydrogen-bond donors (Lipinski definition) is 1. The van der Waals surface area contributed by atoms with Crippen molar-refractivity contribution in [3.63, 3.8) is 0 Å². The summed E-state index contributed by atoms with van der Waals surface area (Å²) in [6, 6.07) is 4.22. The van der Waals surface area contributed by atoms with Crippen LogP contribution in [0, 0.1) is 12.3 Å². The van der Waals surface area contributed by atoms with Crippen LogP contribution in [0.15, 0.2) is 12.1 Å². The minimum Gasteiger partial charge on any atom is -0.378 e. The van der Waals surface area contributed by atoms with Gasteiger partial charge in [-0.25, -0.2) is 0 Å². The second-order valence-corrected chi connectivity index (χ2v) is 6.29. The van der Waals surface area contributed by atoms with Crippen LogP contribution < -0.4 is 5.32 Å². The van der Waals surface area contributed by atoms with Gasteiger partial charge in [-0.3, -0.25) is 0 Å². The Hall–Kier alpha value is -1.69. The number of anilines is 1. The molecule has 2 atom stereocenters. The molecule has 1 aliphatic carbocycles. The van der Waals surface area contributed by atoms with Crippen LogP contribution >= 0.6 is 0 Å². The summed E-state index contributed by atoms with van der Waals surface area (Å²) in [4.78, 5) is 0. The molecule has 1 aliphatic rings. The maximum absolute atomic E-state index is 5.65. The lowest BCUT2D eigenvalue weighted by atomic mass is 9.56. The van der Waals surface area contributed by atoms with Crippen molar-refractivity contribution in [3.05, 3.63) is 18.0 Å². The number of methoxy groups -OCH3 is 1. The Morgan fingerprint density at radius 3 is 2.70 bits per heavy atom. The fourth-order valence-corrected chi connectivity index (χ4v) is 2.87. The molecule has 2 aromatic heterocycles. The van der Waals surface area contributed by atoms with Crippen molar-refractivity contribution < 1.29 is 4.74 Å². The van der Waals surface area contributed by atoms with Gasteiger partial charge in [0, 0.05) is 18.6 Å². The van der Waals surface area contributed by atoms with Gasteiger partial charge in [-0.05, 0) is 32.4 Å². The summed E-state index contributed by atoms with van der Waals surface area (Å²) in [5.41, 5.74) is 0.740. The van der Waals surface area contributed by atoms with Gasteiger partial charge in [0.25, 0.3) is 0 Å². The standard InChI is InChI=1S/C14H21N5O/c1-9-16-17-12-7-6-11(18-19(9)12)15-10-8-14(4,20-5)13(10,2)3/h6-7,10H,8H2,1-5H3,(H,15,18)/t10-,14-/m1/s1. The molecular formula is C14H21N5O. The number of ether oxygens (including phenoxy) is 1. The third kappa shape index (κ3) is 1.71.